The van der Waals surface area contributed by atoms with Crippen molar-refractivity contribution < 1.29 is 22.7 Å². The van der Waals surface area contributed by atoms with Crippen LogP contribution in [0.15, 0.2) is 22.7 Å². The summed E-state index contributed by atoms with van der Waals surface area (Å²) in [6.07, 6.45) is -7.47. The molecule has 1 atom stereocenters. The first-order valence-electron chi connectivity index (χ1n) is 3.52. The summed E-state index contributed by atoms with van der Waals surface area (Å²) in [6, 6.07) is 3.10. The summed E-state index contributed by atoms with van der Waals surface area (Å²) in [5.41, 5.74) is -0.530. The molecule has 0 saturated carbocycles. The van der Waals surface area contributed by atoms with Crippen LogP contribution in [0.25, 0.3) is 0 Å². The molecule has 0 spiro atoms. The second kappa shape index (κ2) is 3.86. The van der Waals surface area contributed by atoms with Gasteiger partial charge in [0.25, 0.3) is 0 Å². The third-order valence-electron chi connectivity index (χ3n) is 1.59. The molecule has 1 nitrogen and oxygen atoms in total. The van der Waals surface area contributed by atoms with E-state index in [0.717, 1.165) is 18.2 Å². The zero-order valence-corrected chi connectivity index (χ0v) is 8.23. The van der Waals surface area contributed by atoms with Gasteiger partial charge in [0.05, 0.1) is 4.47 Å². The molecule has 14 heavy (non-hydrogen) atoms. The number of rotatable bonds is 1. The van der Waals surface area contributed by atoms with Crippen molar-refractivity contribution in [1.29, 1.82) is 0 Å². The standard InChI is InChI=1S/C8H5BrF4O/c9-6-4(2-1-3-5(6)10)7(14)8(11,12)13/h1-3,7,14H. The summed E-state index contributed by atoms with van der Waals surface area (Å²) in [5, 5.41) is 8.84. The van der Waals surface area contributed by atoms with Crippen LogP contribution in [0, 0.1) is 5.82 Å². The maximum absolute atomic E-state index is 12.8. The molecule has 0 saturated heterocycles. The van der Waals surface area contributed by atoms with Crippen LogP contribution in [0.1, 0.15) is 11.7 Å². The van der Waals surface area contributed by atoms with Crippen LogP contribution in [0.4, 0.5) is 17.6 Å². The summed E-state index contributed by atoms with van der Waals surface area (Å²) in [7, 11) is 0. The lowest BCUT2D eigenvalue weighted by Gasteiger charge is -2.16. The molecule has 1 rings (SSSR count). The van der Waals surface area contributed by atoms with E-state index in [-0.39, 0.29) is 4.47 Å². The van der Waals surface area contributed by atoms with Gasteiger partial charge in [-0.3, -0.25) is 0 Å². The highest BCUT2D eigenvalue weighted by Crippen LogP contribution is 2.36. The summed E-state index contributed by atoms with van der Waals surface area (Å²) in [5.74, 6) is -0.842. The van der Waals surface area contributed by atoms with Crippen LogP contribution >= 0.6 is 15.9 Å². The van der Waals surface area contributed by atoms with E-state index in [1.54, 1.807) is 0 Å². The number of aliphatic hydroxyl groups excluding tert-OH is 1. The molecule has 0 heterocycles. The highest BCUT2D eigenvalue weighted by Gasteiger charge is 2.40. The Morgan fingerprint density at radius 1 is 1.29 bits per heavy atom. The lowest BCUT2D eigenvalue weighted by molar-refractivity contribution is -0.207. The Morgan fingerprint density at radius 2 is 1.86 bits per heavy atom. The number of hydrogen-bond acceptors (Lipinski definition) is 1. The molecule has 1 aromatic carbocycles. The Balaban J connectivity index is 3.14. The van der Waals surface area contributed by atoms with Crippen molar-refractivity contribution in [1.82, 2.24) is 0 Å². The number of halogens is 5. The van der Waals surface area contributed by atoms with Gasteiger partial charge in [-0.1, -0.05) is 12.1 Å². The minimum atomic E-state index is -4.80. The monoisotopic (exact) mass is 272 g/mol. The first-order valence-corrected chi connectivity index (χ1v) is 4.32. The first-order chi connectivity index (χ1) is 6.34. The van der Waals surface area contributed by atoms with E-state index in [4.69, 9.17) is 5.11 Å². The van der Waals surface area contributed by atoms with Gasteiger partial charge in [-0.15, -0.1) is 0 Å². The highest BCUT2D eigenvalue weighted by atomic mass is 79.9. The summed E-state index contributed by atoms with van der Waals surface area (Å²) >= 11 is 2.64. The Bertz CT molecular complexity index is 337. The van der Waals surface area contributed by atoms with E-state index in [0.29, 0.717) is 0 Å². The van der Waals surface area contributed by atoms with Gasteiger partial charge in [-0.25, -0.2) is 4.39 Å². The maximum Gasteiger partial charge on any atom is 0.418 e. The van der Waals surface area contributed by atoms with Crippen molar-refractivity contribution in [3.63, 3.8) is 0 Å². The molecule has 1 N–H and O–H groups in total. The van der Waals surface area contributed by atoms with Gasteiger partial charge in [0.15, 0.2) is 6.10 Å². The van der Waals surface area contributed by atoms with Gasteiger partial charge < -0.3 is 5.11 Å². The molecule has 0 aliphatic rings. The van der Waals surface area contributed by atoms with Crippen molar-refractivity contribution in [3.8, 4) is 0 Å². The molecule has 0 aliphatic heterocycles. The van der Waals surface area contributed by atoms with Crippen molar-refractivity contribution >= 4 is 15.9 Å². The van der Waals surface area contributed by atoms with E-state index < -0.39 is 23.7 Å². The zero-order chi connectivity index (χ0) is 10.9. The van der Waals surface area contributed by atoms with Crippen molar-refractivity contribution in [3.05, 3.63) is 34.1 Å². The average molecular weight is 273 g/mol. The first kappa shape index (κ1) is 11.5. The minimum Gasteiger partial charge on any atom is -0.379 e. The molecule has 0 amide bonds. The van der Waals surface area contributed by atoms with E-state index in [2.05, 4.69) is 15.9 Å². The summed E-state index contributed by atoms with van der Waals surface area (Å²) < 4.78 is 48.6. The van der Waals surface area contributed by atoms with Crippen LogP contribution in [0.3, 0.4) is 0 Å². The molecule has 6 heteroatoms. The Kier molecular flexibility index (Phi) is 3.16. The Hall–Kier alpha value is -0.620. The second-order valence-corrected chi connectivity index (χ2v) is 3.38. The van der Waals surface area contributed by atoms with Crippen LogP contribution in [0.5, 0.6) is 0 Å². The van der Waals surface area contributed by atoms with Crippen LogP contribution in [0.2, 0.25) is 0 Å². The Labute approximate surface area is 85.5 Å². The molecule has 78 valence electrons. The van der Waals surface area contributed by atoms with Gasteiger partial charge >= 0.3 is 6.18 Å². The van der Waals surface area contributed by atoms with E-state index in [9.17, 15) is 17.6 Å². The van der Waals surface area contributed by atoms with Crippen molar-refractivity contribution in [2.45, 2.75) is 12.3 Å². The van der Waals surface area contributed by atoms with Crippen LogP contribution < -0.4 is 0 Å². The highest BCUT2D eigenvalue weighted by molar-refractivity contribution is 9.10. The fraction of sp³-hybridized carbons (Fsp3) is 0.250. The van der Waals surface area contributed by atoms with Gasteiger partial charge in [0.1, 0.15) is 5.82 Å². The number of benzene rings is 1. The number of alkyl halides is 3. The molecule has 1 unspecified atom stereocenters. The minimum absolute atomic E-state index is 0.371. The van der Waals surface area contributed by atoms with Crippen molar-refractivity contribution in [2.75, 3.05) is 0 Å². The molecule has 0 aliphatic carbocycles. The number of hydrogen-bond donors (Lipinski definition) is 1. The van der Waals surface area contributed by atoms with Gasteiger partial charge in [-0.05, 0) is 22.0 Å². The Morgan fingerprint density at radius 3 is 2.36 bits per heavy atom. The van der Waals surface area contributed by atoms with Gasteiger partial charge in [0.2, 0.25) is 0 Å². The molecule has 0 aromatic heterocycles. The van der Waals surface area contributed by atoms with E-state index >= 15 is 0 Å². The summed E-state index contributed by atoms with van der Waals surface area (Å²) in [6.45, 7) is 0. The normalized spacial score (nSPS) is 14.1. The van der Waals surface area contributed by atoms with Crippen LogP contribution in [-0.4, -0.2) is 11.3 Å². The van der Waals surface area contributed by atoms with Gasteiger partial charge in [0, 0.05) is 5.56 Å². The third-order valence-corrected chi connectivity index (χ3v) is 2.42. The lowest BCUT2D eigenvalue weighted by atomic mass is 10.1. The quantitative estimate of drug-likeness (QED) is 0.779. The predicted molar refractivity (Wildman–Crippen MR) is 45.1 cm³/mol. The molecular formula is C8H5BrF4O. The van der Waals surface area contributed by atoms with E-state index in [1.165, 1.54) is 0 Å². The maximum atomic E-state index is 12.8. The zero-order valence-electron chi connectivity index (χ0n) is 6.65. The van der Waals surface area contributed by atoms with Gasteiger partial charge in [-0.2, -0.15) is 13.2 Å². The number of aliphatic hydroxyl groups is 1. The SMILES string of the molecule is OC(c1cccc(F)c1Br)C(F)(F)F. The fourth-order valence-electron chi connectivity index (χ4n) is 0.908. The van der Waals surface area contributed by atoms with Crippen LogP contribution in [-0.2, 0) is 0 Å². The van der Waals surface area contributed by atoms with E-state index in [1.807, 2.05) is 0 Å². The molecule has 1 aromatic rings. The second-order valence-electron chi connectivity index (χ2n) is 2.59. The molecule has 0 fully saturated rings. The third kappa shape index (κ3) is 2.24. The molecule has 0 radical (unpaired) electrons. The topological polar surface area (TPSA) is 20.2 Å². The average Bonchev–Trinajstić information content (AvgIpc) is 2.07. The molecule has 0 bridgehead atoms. The molecular weight excluding hydrogens is 268 g/mol. The fourth-order valence-corrected chi connectivity index (χ4v) is 1.39. The largest absolute Gasteiger partial charge is 0.418 e. The smallest absolute Gasteiger partial charge is 0.379 e. The summed E-state index contributed by atoms with van der Waals surface area (Å²) in [4.78, 5) is 0. The van der Waals surface area contributed by atoms with Crippen molar-refractivity contribution in [2.24, 2.45) is 0 Å². The lowest BCUT2D eigenvalue weighted by Crippen LogP contribution is -2.20. The predicted octanol–water partition coefficient (Wildman–Crippen LogP) is 3.18.